The van der Waals surface area contributed by atoms with E-state index in [0.717, 1.165) is 24.2 Å². The summed E-state index contributed by atoms with van der Waals surface area (Å²) in [5, 5.41) is 0. The molecule has 1 aromatic carbocycles. The second-order valence-electron chi connectivity index (χ2n) is 8.71. The molecule has 1 amide bonds. The molecule has 0 aliphatic carbocycles. The third-order valence-corrected chi connectivity index (χ3v) is 6.49. The van der Waals surface area contributed by atoms with E-state index in [1.54, 1.807) is 29.6 Å². The first-order chi connectivity index (χ1) is 17.0. The average molecular weight is 481 g/mol. The Hall–Kier alpha value is -3.69. The van der Waals surface area contributed by atoms with Gasteiger partial charge >= 0.3 is 0 Å². The van der Waals surface area contributed by atoms with Crippen LogP contribution in [0.2, 0.25) is 0 Å². The Kier molecular flexibility index (Phi) is 6.52. The van der Waals surface area contributed by atoms with Crippen LogP contribution in [0.3, 0.4) is 0 Å². The van der Waals surface area contributed by atoms with Gasteiger partial charge in [-0.1, -0.05) is 0 Å². The van der Waals surface area contributed by atoms with E-state index < -0.39 is 11.6 Å². The summed E-state index contributed by atoms with van der Waals surface area (Å²) in [6.07, 6.45) is 7.64. The fourth-order valence-electron chi connectivity index (χ4n) is 4.64. The number of benzene rings is 1. The maximum absolute atomic E-state index is 14.5. The lowest BCUT2D eigenvalue weighted by Crippen LogP contribution is -2.35. The highest BCUT2D eigenvalue weighted by Gasteiger charge is 2.28. The van der Waals surface area contributed by atoms with E-state index in [-0.39, 0.29) is 24.3 Å². The largest absolute Gasteiger partial charge is 0.490 e. The highest BCUT2D eigenvalue weighted by atomic mass is 19.2. The van der Waals surface area contributed by atoms with Gasteiger partial charge in [-0.25, -0.2) is 24.3 Å². The first-order valence-corrected chi connectivity index (χ1v) is 11.8. The molecule has 35 heavy (non-hydrogen) atoms. The molecule has 8 nitrogen and oxygen atoms in total. The highest BCUT2D eigenvalue weighted by molar-refractivity contribution is 5.78. The number of anilines is 1. The number of carbonyl (C=O) groups is 1. The van der Waals surface area contributed by atoms with Gasteiger partial charge in [-0.05, 0) is 25.8 Å². The van der Waals surface area contributed by atoms with Crippen LogP contribution in [-0.4, -0.2) is 57.0 Å². The number of carbonyl (C=O) groups excluding carboxylic acids is 1. The summed E-state index contributed by atoms with van der Waals surface area (Å²) in [7, 11) is 0. The number of halogens is 2. The van der Waals surface area contributed by atoms with E-state index in [1.807, 2.05) is 11.8 Å². The molecule has 0 N–H and O–H groups in total. The van der Waals surface area contributed by atoms with Crippen molar-refractivity contribution >= 4 is 11.6 Å². The van der Waals surface area contributed by atoms with Crippen molar-refractivity contribution in [2.45, 2.75) is 38.6 Å². The van der Waals surface area contributed by atoms with Crippen molar-refractivity contribution in [1.82, 2.24) is 24.8 Å². The van der Waals surface area contributed by atoms with Crippen LogP contribution in [0, 0.1) is 11.6 Å². The lowest BCUT2D eigenvalue weighted by Gasteiger charge is -2.36. The SMILES string of the molecule is CC1c2cnc(-c3ncccn3)nc2CCN1c1cc(F)c(F)c(OCCCN2CCCC2=O)c1. The van der Waals surface area contributed by atoms with Gasteiger partial charge in [0, 0.05) is 74.5 Å². The van der Waals surface area contributed by atoms with Crippen molar-refractivity contribution in [2.75, 3.05) is 31.1 Å². The van der Waals surface area contributed by atoms with Gasteiger partial charge in [0.1, 0.15) is 0 Å². The van der Waals surface area contributed by atoms with Crippen molar-refractivity contribution in [3.05, 3.63) is 59.7 Å². The smallest absolute Gasteiger partial charge is 0.222 e. The first-order valence-electron chi connectivity index (χ1n) is 11.8. The Labute approximate surface area is 202 Å². The molecule has 0 bridgehead atoms. The maximum Gasteiger partial charge on any atom is 0.222 e. The summed E-state index contributed by atoms with van der Waals surface area (Å²) in [4.78, 5) is 33.0. The molecule has 4 heterocycles. The van der Waals surface area contributed by atoms with Gasteiger partial charge < -0.3 is 14.5 Å². The number of nitrogens with zero attached hydrogens (tertiary/aromatic N) is 6. The molecular formula is C25H26F2N6O2. The summed E-state index contributed by atoms with van der Waals surface area (Å²) < 4.78 is 34.6. The van der Waals surface area contributed by atoms with Crippen molar-refractivity contribution < 1.29 is 18.3 Å². The number of hydrogen-bond acceptors (Lipinski definition) is 7. The van der Waals surface area contributed by atoms with E-state index in [4.69, 9.17) is 4.74 Å². The van der Waals surface area contributed by atoms with E-state index in [2.05, 4.69) is 19.9 Å². The van der Waals surface area contributed by atoms with Crippen molar-refractivity contribution in [1.29, 1.82) is 0 Å². The zero-order valence-corrected chi connectivity index (χ0v) is 19.5. The Morgan fingerprint density at radius 2 is 1.91 bits per heavy atom. The Balaban J connectivity index is 1.30. The third kappa shape index (κ3) is 4.78. The Morgan fingerprint density at radius 1 is 1.09 bits per heavy atom. The second-order valence-corrected chi connectivity index (χ2v) is 8.71. The molecule has 1 saturated heterocycles. The van der Waals surface area contributed by atoms with Crippen LogP contribution in [0.15, 0.2) is 36.8 Å². The number of likely N-dealkylation sites (tertiary alicyclic amines) is 1. The topological polar surface area (TPSA) is 84.3 Å². The lowest BCUT2D eigenvalue weighted by atomic mass is 9.98. The summed E-state index contributed by atoms with van der Waals surface area (Å²) in [6.45, 7) is 4.05. The van der Waals surface area contributed by atoms with Crippen LogP contribution >= 0.6 is 0 Å². The standard InChI is InChI=1S/C25H26F2N6O2/c1-16-18-15-30-25(24-28-7-3-8-29-24)31-20(18)6-11-33(16)17-13-19(26)23(27)21(14-17)35-12-4-10-32-9-2-5-22(32)34/h3,7-8,13-16H,2,4-6,9-12H2,1H3. The number of aromatic nitrogens is 4. The minimum Gasteiger partial charge on any atom is -0.490 e. The monoisotopic (exact) mass is 480 g/mol. The summed E-state index contributed by atoms with van der Waals surface area (Å²) in [5.41, 5.74) is 2.34. The van der Waals surface area contributed by atoms with Crippen LogP contribution in [0.25, 0.3) is 11.6 Å². The molecule has 0 radical (unpaired) electrons. The molecule has 182 valence electrons. The number of fused-ring (bicyclic) bond motifs is 1. The highest BCUT2D eigenvalue weighted by Crippen LogP contribution is 2.36. The molecule has 10 heteroatoms. The molecule has 2 aliphatic heterocycles. The number of ether oxygens (including phenoxy) is 1. The Bertz CT molecular complexity index is 1230. The van der Waals surface area contributed by atoms with Crippen molar-refractivity contribution in [3.8, 4) is 17.4 Å². The van der Waals surface area contributed by atoms with Gasteiger partial charge in [-0.3, -0.25) is 4.79 Å². The van der Waals surface area contributed by atoms with Crippen molar-refractivity contribution in [3.63, 3.8) is 0 Å². The molecule has 0 saturated carbocycles. The lowest BCUT2D eigenvalue weighted by molar-refractivity contribution is -0.127. The quantitative estimate of drug-likeness (QED) is 0.477. The molecule has 1 atom stereocenters. The fraction of sp³-hybridized carbons (Fsp3) is 0.400. The molecule has 1 unspecified atom stereocenters. The third-order valence-electron chi connectivity index (χ3n) is 6.49. The summed E-state index contributed by atoms with van der Waals surface area (Å²) in [5.74, 6) is -1.04. The molecule has 1 fully saturated rings. The average Bonchev–Trinajstić information content (AvgIpc) is 3.29. The second kappa shape index (κ2) is 9.89. The van der Waals surface area contributed by atoms with Gasteiger partial charge in [0.2, 0.25) is 11.7 Å². The molecule has 2 aromatic heterocycles. The molecule has 0 spiro atoms. The summed E-state index contributed by atoms with van der Waals surface area (Å²) >= 11 is 0. The predicted octanol–water partition coefficient (Wildman–Crippen LogP) is 3.73. The predicted molar refractivity (Wildman–Crippen MR) is 125 cm³/mol. The Morgan fingerprint density at radius 3 is 2.69 bits per heavy atom. The fourth-order valence-corrected chi connectivity index (χ4v) is 4.64. The number of amides is 1. The summed E-state index contributed by atoms with van der Waals surface area (Å²) in [6, 6.07) is 4.31. The van der Waals surface area contributed by atoms with Gasteiger partial charge in [-0.2, -0.15) is 4.39 Å². The molecular weight excluding hydrogens is 454 g/mol. The van der Waals surface area contributed by atoms with Gasteiger partial charge in [0.05, 0.1) is 18.3 Å². The first kappa shape index (κ1) is 23.1. The molecule has 2 aliphatic rings. The van der Waals surface area contributed by atoms with Crippen LogP contribution in [0.1, 0.15) is 43.5 Å². The van der Waals surface area contributed by atoms with Crippen LogP contribution < -0.4 is 9.64 Å². The molecule has 5 rings (SSSR count). The minimum absolute atomic E-state index is 0.126. The normalized spacial score (nSPS) is 17.6. The zero-order chi connectivity index (χ0) is 24.4. The van der Waals surface area contributed by atoms with Crippen molar-refractivity contribution in [2.24, 2.45) is 0 Å². The molecule has 3 aromatic rings. The maximum atomic E-state index is 14.5. The van der Waals surface area contributed by atoms with E-state index >= 15 is 0 Å². The van der Waals surface area contributed by atoms with Crippen LogP contribution in [-0.2, 0) is 11.2 Å². The van der Waals surface area contributed by atoms with E-state index in [9.17, 15) is 13.6 Å². The van der Waals surface area contributed by atoms with E-state index in [1.165, 1.54) is 12.1 Å². The van der Waals surface area contributed by atoms with E-state index in [0.29, 0.717) is 49.7 Å². The van der Waals surface area contributed by atoms with Gasteiger partial charge in [-0.15, -0.1) is 0 Å². The minimum atomic E-state index is -1.01. The van der Waals surface area contributed by atoms with Crippen LogP contribution in [0.5, 0.6) is 5.75 Å². The van der Waals surface area contributed by atoms with Gasteiger partial charge in [0.15, 0.2) is 23.2 Å². The number of rotatable bonds is 7. The number of hydrogen-bond donors (Lipinski definition) is 0. The zero-order valence-electron chi connectivity index (χ0n) is 19.5. The van der Waals surface area contributed by atoms with Crippen LogP contribution in [0.4, 0.5) is 14.5 Å². The van der Waals surface area contributed by atoms with Gasteiger partial charge in [0.25, 0.3) is 0 Å².